The van der Waals surface area contributed by atoms with E-state index in [2.05, 4.69) is 63.3 Å². The second kappa shape index (κ2) is 7.45. The van der Waals surface area contributed by atoms with E-state index in [1.54, 1.807) is 0 Å². The SMILES string of the molecule is CCC(CC)C(NC1CCCCC1(C)C)c1ccccc1. The van der Waals surface area contributed by atoms with Gasteiger partial charge in [0, 0.05) is 12.1 Å². The van der Waals surface area contributed by atoms with Gasteiger partial charge >= 0.3 is 0 Å². The third kappa shape index (κ3) is 4.10. The molecule has 21 heavy (non-hydrogen) atoms. The first-order chi connectivity index (χ1) is 10.1. The Hall–Kier alpha value is -0.820. The van der Waals surface area contributed by atoms with Gasteiger partial charge in [-0.05, 0) is 29.7 Å². The third-order valence-electron chi connectivity index (χ3n) is 5.57. The second-order valence-electron chi connectivity index (χ2n) is 7.42. The van der Waals surface area contributed by atoms with Crippen LogP contribution in [0.1, 0.15) is 77.8 Å². The fourth-order valence-electron chi connectivity index (χ4n) is 3.94. The summed E-state index contributed by atoms with van der Waals surface area (Å²) in [7, 11) is 0. The number of hydrogen-bond donors (Lipinski definition) is 1. The summed E-state index contributed by atoms with van der Waals surface area (Å²) in [5.74, 6) is 0.727. The Morgan fingerprint density at radius 2 is 1.76 bits per heavy atom. The minimum Gasteiger partial charge on any atom is -0.306 e. The first-order valence-electron chi connectivity index (χ1n) is 8.89. The Morgan fingerprint density at radius 3 is 2.33 bits per heavy atom. The molecule has 0 spiro atoms. The maximum absolute atomic E-state index is 4.06. The number of hydrogen-bond acceptors (Lipinski definition) is 1. The molecule has 0 saturated heterocycles. The fourth-order valence-corrected chi connectivity index (χ4v) is 3.94. The molecule has 1 aromatic carbocycles. The van der Waals surface area contributed by atoms with Crippen LogP contribution >= 0.6 is 0 Å². The summed E-state index contributed by atoms with van der Waals surface area (Å²) in [6, 6.07) is 12.2. The van der Waals surface area contributed by atoms with Gasteiger partial charge in [0.2, 0.25) is 0 Å². The highest BCUT2D eigenvalue weighted by Gasteiger charge is 2.34. The van der Waals surface area contributed by atoms with Crippen LogP contribution in [0.3, 0.4) is 0 Å². The van der Waals surface area contributed by atoms with E-state index in [9.17, 15) is 0 Å². The average Bonchev–Trinajstić information content (AvgIpc) is 2.49. The Labute approximate surface area is 131 Å². The van der Waals surface area contributed by atoms with Crippen LogP contribution in [0.2, 0.25) is 0 Å². The number of nitrogens with one attached hydrogen (secondary N) is 1. The van der Waals surface area contributed by atoms with Crippen molar-refractivity contribution in [3.8, 4) is 0 Å². The summed E-state index contributed by atoms with van der Waals surface area (Å²) in [5, 5.41) is 4.06. The van der Waals surface area contributed by atoms with Gasteiger partial charge in [0.05, 0.1) is 0 Å². The maximum atomic E-state index is 4.06. The first-order valence-corrected chi connectivity index (χ1v) is 8.89. The molecule has 0 amide bonds. The maximum Gasteiger partial charge on any atom is 0.0351 e. The van der Waals surface area contributed by atoms with Crippen LogP contribution in [0.4, 0.5) is 0 Å². The monoisotopic (exact) mass is 287 g/mol. The molecule has 2 atom stereocenters. The van der Waals surface area contributed by atoms with E-state index in [4.69, 9.17) is 0 Å². The normalized spacial score (nSPS) is 23.2. The van der Waals surface area contributed by atoms with Crippen molar-refractivity contribution in [1.82, 2.24) is 5.32 Å². The zero-order valence-corrected chi connectivity index (χ0v) is 14.4. The van der Waals surface area contributed by atoms with Crippen LogP contribution in [0.25, 0.3) is 0 Å². The molecular formula is C20H33N. The molecule has 1 saturated carbocycles. The minimum atomic E-state index is 0.428. The molecule has 1 aliphatic carbocycles. The molecule has 1 aliphatic rings. The van der Waals surface area contributed by atoms with Crippen LogP contribution in [0.15, 0.2) is 30.3 Å². The van der Waals surface area contributed by atoms with Crippen molar-refractivity contribution in [2.75, 3.05) is 0 Å². The molecule has 1 nitrogen and oxygen atoms in total. The second-order valence-corrected chi connectivity index (χ2v) is 7.42. The van der Waals surface area contributed by atoms with Crippen molar-refractivity contribution >= 4 is 0 Å². The lowest BCUT2D eigenvalue weighted by Crippen LogP contribution is -2.47. The zero-order valence-electron chi connectivity index (χ0n) is 14.4. The smallest absolute Gasteiger partial charge is 0.0351 e. The molecular weight excluding hydrogens is 254 g/mol. The molecule has 118 valence electrons. The van der Waals surface area contributed by atoms with Crippen molar-refractivity contribution in [3.05, 3.63) is 35.9 Å². The van der Waals surface area contributed by atoms with E-state index >= 15 is 0 Å². The molecule has 0 aromatic heterocycles. The van der Waals surface area contributed by atoms with Crippen LogP contribution in [-0.4, -0.2) is 6.04 Å². The van der Waals surface area contributed by atoms with E-state index in [0.717, 1.165) is 5.92 Å². The van der Waals surface area contributed by atoms with E-state index < -0.39 is 0 Å². The molecule has 2 unspecified atom stereocenters. The Balaban J connectivity index is 2.19. The molecule has 1 fully saturated rings. The average molecular weight is 287 g/mol. The molecule has 0 aliphatic heterocycles. The molecule has 1 N–H and O–H groups in total. The van der Waals surface area contributed by atoms with Gasteiger partial charge in [-0.3, -0.25) is 0 Å². The summed E-state index contributed by atoms with van der Waals surface area (Å²) in [6.07, 6.45) is 7.95. The van der Waals surface area contributed by atoms with Crippen molar-refractivity contribution in [2.45, 2.75) is 78.3 Å². The summed E-state index contributed by atoms with van der Waals surface area (Å²) in [6.45, 7) is 9.55. The van der Waals surface area contributed by atoms with Crippen LogP contribution in [0.5, 0.6) is 0 Å². The highest BCUT2D eigenvalue weighted by atomic mass is 15.0. The molecule has 0 heterocycles. The van der Waals surface area contributed by atoms with Crippen molar-refractivity contribution < 1.29 is 0 Å². The summed E-state index contributed by atoms with van der Waals surface area (Å²) >= 11 is 0. The van der Waals surface area contributed by atoms with Crippen LogP contribution < -0.4 is 5.32 Å². The quantitative estimate of drug-likeness (QED) is 0.705. The Kier molecular flexibility index (Phi) is 5.87. The van der Waals surface area contributed by atoms with Gasteiger partial charge in [-0.15, -0.1) is 0 Å². The highest BCUT2D eigenvalue weighted by Crippen LogP contribution is 2.38. The lowest BCUT2D eigenvalue weighted by atomic mass is 9.72. The molecule has 2 rings (SSSR count). The van der Waals surface area contributed by atoms with Gasteiger partial charge in [-0.2, -0.15) is 0 Å². The van der Waals surface area contributed by atoms with Gasteiger partial charge in [0.1, 0.15) is 0 Å². The first kappa shape index (κ1) is 16.5. The van der Waals surface area contributed by atoms with E-state index in [1.807, 2.05) is 0 Å². The van der Waals surface area contributed by atoms with Gasteiger partial charge < -0.3 is 5.32 Å². The van der Waals surface area contributed by atoms with Crippen molar-refractivity contribution in [1.29, 1.82) is 0 Å². The van der Waals surface area contributed by atoms with Crippen LogP contribution in [0, 0.1) is 11.3 Å². The minimum absolute atomic E-state index is 0.428. The predicted molar refractivity (Wildman–Crippen MR) is 92.4 cm³/mol. The number of benzene rings is 1. The molecule has 1 heteroatoms. The molecule has 1 aromatic rings. The van der Waals surface area contributed by atoms with Crippen LogP contribution in [-0.2, 0) is 0 Å². The number of rotatable bonds is 6. The standard InChI is InChI=1S/C20H33N/c1-5-16(6-2)19(17-12-8-7-9-13-17)21-18-14-10-11-15-20(18,3)4/h7-9,12-13,16,18-19,21H,5-6,10-11,14-15H2,1-4H3. The van der Waals surface area contributed by atoms with E-state index in [0.29, 0.717) is 17.5 Å². The third-order valence-corrected chi connectivity index (χ3v) is 5.57. The topological polar surface area (TPSA) is 12.0 Å². The summed E-state index contributed by atoms with van der Waals surface area (Å²) in [4.78, 5) is 0. The summed E-state index contributed by atoms with van der Waals surface area (Å²) in [5.41, 5.74) is 1.89. The van der Waals surface area contributed by atoms with Gasteiger partial charge in [-0.25, -0.2) is 0 Å². The lowest BCUT2D eigenvalue weighted by molar-refractivity contribution is 0.140. The van der Waals surface area contributed by atoms with E-state index in [-0.39, 0.29) is 0 Å². The highest BCUT2D eigenvalue weighted by molar-refractivity contribution is 5.20. The Bertz CT molecular complexity index is 405. The largest absolute Gasteiger partial charge is 0.306 e. The van der Waals surface area contributed by atoms with Crippen molar-refractivity contribution in [3.63, 3.8) is 0 Å². The fraction of sp³-hybridized carbons (Fsp3) is 0.700. The van der Waals surface area contributed by atoms with Gasteiger partial charge in [0.25, 0.3) is 0 Å². The van der Waals surface area contributed by atoms with E-state index in [1.165, 1.54) is 44.1 Å². The van der Waals surface area contributed by atoms with Crippen molar-refractivity contribution in [2.24, 2.45) is 11.3 Å². The Morgan fingerprint density at radius 1 is 1.10 bits per heavy atom. The molecule has 0 radical (unpaired) electrons. The van der Waals surface area contributed by atoms with Gasteiger partial charge in [-0.1, -0.05) is 83.7 Å². The zero-order chi connectivity index (χ0) is 15.3. The predicted octanol–water partition coefficient (Wildman–Crippen LogP) is 5.72. The lowest BCUT2D eigenvalue weighted by Gasteiger charge is -2.43. The summed E-state index contributed by atoms with van der Waals surface area (Å²) < 4.78 is 0. The van der Waals surface area contributed by atoms with Gasteiger partial charge in [0.15, 0.2) is 0 Å². The molecule has 0 bridgehead atoms.